The Hall–Kier alpha value is -2.66. The maximum Gasteiger partial charge on any atom is 0.254 e. The number of nitrogens with zero attached hydrogens (tertiary/aromatic N) is 2. The van der Waals surface area contributed by atoms with Crippen molar-refractivity contribution in [2.75, 3.05) is 7.05 Å². The molecule has 1 amide bonds. The number of rotatable bonds is 3. The predicted molar refractivity (Wildman–Crippen MR) is 94.8 cm³/mol. The van der Waals surface area contributed by atoms with Crippen LogP contribution in [0, 0.1) is 5.82 Å². The standard InChI is InChI=1S/C20H20FN3O/c1-13-18(12-23(2)22-13)14-7-8-16(19(21)9-14)11-24-10-15-5-3-4-6-17(15)20(24)25/h3-9,12-13,22H,10-11H2,1-2H3. The Morgan fingerprint density at radius 1 is 1.24 bits per heavy atom. The first kappa shape index (κ1) is 15.8. The van der Waals surface area contributed by atoms with E-state index in [2.05, 4.69) is 5.43 Å². The Labute approximate surface area is 146 Å². The minimum atomic E-state index is -0.274. The second-order valence-electron chi connectivity index (χ2n) is 6.67. The van der Waals surface area contributed by atoms with Gasteiger partial charge in [-0.2, -0.15) is 0 Å². The third-order valence-electron chi connectivity index (χ3n) is 4.84. The van der Waals surface area contributed by atoms with Crippen LogP contribution in [0.2, 0.25) is 0 Å². The van der Waals surface area contributed by atoms with Crippen molar-refractivity contribution in [3.8, 4) is 0 Å². The van der Waals surface area contributed by atoms with Gasteiger partial charge in [-0.15, -0.1) is 0 Å². The highest BCUT2D eigenvalue weighted by molar-refractivity contribution is 5.98. The molecule has 2 aliphatic heterocycles. The molecular formula is C20H20FN3O. The zero-order valence-electron chi connectivity index (χ0n) is 14.3. The zero-order chi connectivity index (χ0) is 17.6. The first-order valence-corrected chi connectivity index (χ1v) is 8.39. The number of carbonyl (C=O) groups excluding carboxylic acids is 1. The lowest BCUT2D eigenvalue weighted by atomic mass is 10.00. The number of benzene rings is 2. The summed E-state index contributed by atoms with van der Waals surface area (Å²) < 4.78 is 14.6. The number of amides is 1. The van der Waals surface area contributed by atoms with Gasteiger partial charge in [-0.1, -0.05) is 30.3 Å². The lowest BCUT2D eigenvalue weighted by molar-refractivity contribution is 0.0765. The molecule has 128 valence electrons. The SMILES string of the molecule is CC1NN(C)C=C1c1ccc(CN2Cc3ccccc3C2=O)c(F)c1. The first-order chi connectivity index (χ1) is 12.0. The largest absolute Gasteiger partial charge is 0.330 e. The Kier molecular flexibility index (Phi) is 3.81. The molecule has 1 N–H and O–H groups in total. The van der Waals surface area contributed by atoms with Gasteiger partial charge in [0.05, 0.1) is 6.04 Å². The van der Waals surface area contributed by atoms with Crippen LogP contribution in [0.15, 0.2) is 48.7 Å². The number of halogens is 1. The van der Waals surface area contributed by atoms with E-state index >= 15 is 0 Å². The minimum absolute atomic E-state index is 0.0305. The van der Waals surface area contributed by atoms with Crippen molar-refractivity contribution in [2.24, 2.45) is 0 Å². The molecule has 0 saturated carbocycles. The van der Waals surface area contributed by atoms with E-state index in [1.54, 1.807) is 17.0 Å². The molecular weight excluding hydrogens is 317 g/mol. The second-order valence-corrected chi connectivity index (χ2v) is 6.67. The van der Waals surface area contributed by atoms with E-state index in [0.717, 1.165) is 22.3 Å². The van der Waals surface area contributed by atoms with E-state index in [0.29, 0.717) is 12.1 Å². The zero-order valence-corrected chi connectivity index (χ0v) is 14.3. The molecule has 2 aromatic carbocycles. The summed E-state index contributed by atoms with van der Waals surface area (Å²) in [6.45, 7) is 2.86. The van der Waals surface area contributed by atoms with Crippen LogP contribution in [0.5, 0.6) is 0 Å². The highest BCUT2D eigenvalue weighted by atomic mass is 19.1. The van der Waals surface area contributed by atoms with E-state index in [-0.39, 0.29) is 24.3 Å². The van der Waals surface area contributed by atoms with Crippen molar-refractivity contribution >= 4 is 11.5 Å². The van der Waals surface area contributed by atoms with E-state index in [4.69, 9.17) is 0 Å². The van der Waals surface area contributed by atoms with E-state index in [1.165, 1.54) is 0 Å². The fourth-order valence-electron chi connectivity index (χ4n) is 3.56. The van der Waals surface area contributed by atoms with Crippen LogP contribution in [0.25, 0.3) is 5.57 Å². The molecule has 4 nitrogen and oxygen atoms in total. The molecule has 0 fully saturated rings. The highest BCUT2D eigenvalue weighted by Gasteiger charge is 2.27. The summed E-state index contributed by atoms with van der Waals surface area (Å²) in [5, 5.41) is 1.88. The average Bonchev–Trinajstić information content (AvgIpc) is 3.09. The maximum atomic E-state index is 14.6. The Balaban J connectivity index is 1.55. The van der Waals surface area contributed by atoms with Crippen LogP contribution in [0.1, 0.15) is 34.0 Å². The third-order valence-corrected chi connectivity index (χ3v) is 4.84. The van der Waals surface area contributed by atoms with Crippen molar-refractivity contribution in [2.45, 2.75) is 26.1 Å². The molecule has 1 unspecified atom stereocenters. The van der Waals surface area contributed by atoms with Gasteiger partial charge in [0, 0.05) is 37.5 Å². The van der Waals surface area contributed by atoms with E-state index in [9.17, 15) is 9.18 Å². The summed E-state index contributed by atoms with van der Waals surface area (Å²) >= 11 is 0. The van der Waals surface area contributed by atoms with Crippen molar-refractivity contribution in [3.63, 3.8) is 0 Å². The Bertz CT molecular complexity index is 877. The summed E-state index contributed by atoms with van der Waals surface area (Å²) in [6, 6.07) is 13.0. The first-order valence-electron chi connectivity index (χ1n) is 8.39. The number of hydrazine groups is 1. The van der Waals surface area contributed by atoms with Crippen molar-refractivity contribution in [1.29, 1.82) is 0 Å². The third kappa shape index (κ3) is 2.81. The van der Waals surface area contributed by atoms with E-state index < -0.39 is 0 Å². The van der Waals surface area contributed by atoms with Crippen molar-refractivity contribution in [1.82, 2.24) is 15.3 Å². The van der Waals surface area contributed by atoms with Crippen molar-refractivity contribution in [3.05, 3.63) is 76.7 Å². The van der Waals surface area contributed by atoms with Crippen LogP contribution >= 0.6 is 0 Å². The molecule has 0 radical (unpaired) electrons. The van der Waals surface area contributed by atoms with Gasteiger partial charge in [-0.05, 0) is 35.8 Å². The molecule has 2 aromatic rings. The maximum absolute atomic E-state index is 14.6. The highest BCUT2D eigenvalue weighted by Crippen LogP contribution is 2.27. The van der Waals surface area contributed by atoms with Gasteiger partial charge in [0.15, 0.2) is 0 Å². The summed E-state index contributed by atoms with van der Waals surface area (Å²) in [7, 11) is 1.92. The molecule has 0 spiro atoms. The van der Waals surface area contributed by atoms with Crippen LogP contribution in [-0.2, 0) is 13.1 Å². The molecule has 2 aliphatic rings. The predicted octanol–water partition coefficient (Wildman–Crippen LogP) is 3.16. The number of nitrogens with one attached hydrogen (secondary N) is 1. The molecule has 2 heterocycles. The molecule has 0 bridgehead atoms. The van der Waals surface area contributed by atoms with Gasteiger partial charge in [0.1, 0.15) is 5.82 Å². The summed E-state index contributed by atoms with van der Waals surface area (Å²) in [6.07, 6.45) is 1.97. The van der Waals surface area contributed by atoms with Gasteiger partial charge in [-0.25, -0.2) is 9.82 Å². The number of hydrogen-bond donors (Lipinski definition) is 1. The number of hydrogen-bond acceptors (Lipinski definition) is 3. The normalized spacial score (nSPS) is 19.4. The molecule has 0 aliphatic carbocycles. The minimum Gasteiger partial charge on any atom is -0.330 e. The van der Waals surface area contributed by atoms with Gasteiger partial charge < -0.3 is 9.91 Å². The molecule has 1 atom stereocenters. The summed E-state index contributed by atoms with van der Waals surface area (Å²) in [5.74, 6) is -0.305. The quantitative estimate of drug-likeness (QED) is 0.934. The number of fused-ring (bicyclic) bond motifs is 1. The monoisotopic (exact) mass is 337 g/mol. The van der Waals surface area contributed by atoms with Crippen LogP contribution in [0.3, 0.4) is 0 Å². The van der Waals surface area contributed by atoms with Crippen LogP contribution in [-0.4, -0.2) is 28.9 Å². The molecule has 25 heavy (non-hydrogen) atoms. The molecule has 0 saturated heterocycles. The second kappa shape index (κ2) is 6.01. The van der Waals surface area contributed by atoms with Gasteiger partial charge in [0.25, 0.3) is 5.91 Å². The lowest BCUT2D eigenvalue weighted by Crippen LogP contribution is -2.30. The van der Waals surface area contributed by atoms with Crippen molar-refractivity contribution < 1.29 is 9.18 Å². The summed E-state index contributed by atoms with van der Waals surface area (Å²) in [4.78, 5) is 14.1. The summed E-state index contributed by atoms with van der Waals surface area (Å²) in [5.41, 5.74) is 7.42. The van der Waals surface area contributed by atoms with Crippen LogP contribution in [0.4, 0.5) is 4.39 Å². The van der Waals surface area contributed by atoms with Crippen LogP contribution < -0.4 is 5.43 Å². The van der Waals surface area contributed by atoms with Gasteiger partial charge in [0.2, 0.25) is 0 Å². The fraction of sp³-hybridized carbons (Fsp3) is 0.250. The van der Waals surface area contributed by atoms with Gasteiger partial charge in [-0.3, -0.25) is 4.79 Å². The smallest absolute Gasteiger partial charge is 0.254 e. The molecule has 0 aromatic heterocycles. The van der Waals surface area contributed by atoms with E-state index in [1.807, 2.05) is 55.5 Å². The Morgan fingerprint density at radius 3 is 2.72 bits per heavy atom. The lowest BCUT2D eigenvalue weighted by Gasteiger charge is -2.17. The number of carbonyl (C=O) groups is 1. The van der Waals surface area contributed by atoms with Gasteiger partial charge >= 0.3 is 0 Å². The molecule has 4 rings (SSSR count). The topological polar surface area (TPSA) is 35.6 Å². The Morgan fingerprint density at radius 2 is 2.04 bits per heavy atom. The average molecular weight is 337 g/mol. The molecule has 5 heteroatoms. The fourth-order valence-corrected chi connectivity index (χ4v) is 3.56.